The van der Waals surface area contributed by atoms with Crippen LogP contribution >= 0.6 is 0 Å². The van der Waals surface area contributed by atoms with Crippen molar-refractivity contribution in [1.82, 2.24) is 14.4 Å². The van der Waals surface area contributed by atoms with E-state index in [0.29, 0.717) is 18.5 Å². The number of amides is 3. The molecule has 2 aliphatic rings. The van der Waals surface area contributed by atoms with Crippen LogP contribution < -0.4 is 5.32 Å². The molecule has 2 aromatic rings. The number of hydrogen-bond donors (Lipinski definition) is 1. The Bertz CT molecular complexity index is 939. The van der Waals surface area contributed by atoms with E-state index < -0.39 is 0 Å². The molecule has 6 nitrogen and oxygen atoms in total. The lowest BCUT2D eigenvalue weighted by Gasteiger charge is -2.35. The fourth-order valence-corrected chi connectivity index (χ4v) is 4.79. The average molecular weight is 451 g/mol. The number of rotatable bonds is 8. The molecule has 1 N–H and O–H groups in total. The lowest BCUT2D eigenvalue weighted by molar-refractivity contribution is -0.133. The van der Waals surface area contributed by atoms with Crippen molar-refractivity contribution in [2.24, 2.45) is 7.05 Å². The molecule has 0 spiro atoms. The van der Waals surface area contributed by atoms with Gasteiger partial charge in [0.1, 0.15) is 6.54 Å². The van der Waals surface area contributed by atoms with E-state index in [2.05, 4.69) is 41.9 Å². The highest BCUT2D eigenvalue weighted by atomic mass is 16.2. The fourth-order valence-electron chi connectivity index (χ4n) is 4.79. The summed E-state index contributed by atoms with van der Waals surface area (Å²) in [5.74, 6) is 0.498. The van der Waals surface area contributed by atoms with Crippen LogP contribution in [0.15, 0.2) is 42.6 Å². The molecule has 1 aromatic heterocycles. The summed E-state index contributed by atoms with van der Waals surface area (Å²) in [5, 5.41) is 3.06. The minimum Gasteiger partial charge on any atom is -0.353 e. The third-order valence-electron chi connectivity index (χ3n) is 7.10. The maximum atomic E-state index is 13.5. The zero-order chi connectivity index (χ0) is 23.4. The van der Waals surface area contributed by atoms with Crippen molar-refractivity contribution in [3.8, 4) is 0 Å². The van der Waals surface area contributed by atoms with Crippen molar-refractivity contribution >= 4 is 17.6 Å². The molecule has 178 valence electrons. The van der Waals surface area contributed by atoms with Gasteiger partial charge in [-0.3, -0.25) is 4.79 Å². The topological polar surface area (TPSA) is 57.6 Å². The Morgan fingerprint density at radius 1 is 0.970 bits per heavy atom. The zero-order valence-corrected chi connectivity index (χ0v) is 20.3. The van der Waals surface area contributed by atoms with E-state index in [1.807, 2.05) is 36.3 Å². The van der Waals surface area contributed by atoms with Crippen molar-refractivity contribution in [3.05, 3.63) is 53.9 Å². The number of aromatic nitrogens is 1. The summed E-state index contributed by atoms with van der Waals surface area (Å²) in [4.78, 5) is 30.7. The molecule has 33 heavy (non-hydrogen) atoms. The highest BCUT2D eigenvalue weighted by Crippen LogP contribution is 2.30. The predicted octanol–water partition coefficient (Wildman–Crippen LogP) is 5.51. The normalized spacial score (nSPS) is 16.6. The van der Waals surface area contributed by atoms with Gasteiger partial charge in [0, 0.05) is 36.7 Å². The highest BCUT2D eigenvalue weighted by molar-refractivity contribution is 5.92. The van der Waals surface area contributed by atoms with Crippen molar-refractivity contribution in [1.29, 1.82) is 0 Å². The maximum Gasteiger partial charge on any atom is 0.322 e. The van der Waals surface area contributed by atoms with Gasteiger partial charge in [-0.05, 0) is 61.4 Å². The van der Waals surface area contributed by atoms with Crippen LogP contribution in [-0.4, -0.2) is 44.9 Å². The first-order valence-electron chi connectivity index (χ1n) is 12.5. The quantitative estimate of drug-likeness (QED) is 0.577. The zero-order valence-electron chi connectivity index (χ0n) is 20.3. The summed E-state index contributed by atoms with van der Waals surface area (Å²) in [7, 11) is 2.01. The molecule has 0 unspecified atom stereocenters. The first-order chi connectivity index (χ1) is 15.9. The molecule has 0 bridgehead atoms. The molecule has 0 saturated heterocycles. The summed E-state index contributed by atoms with van der Waals surface area (Å²) >= 11 is 0. The summed E-state index contributed by atoms with van der Waals surface area (Å²) in [6, 6.07) is 12.4. The van der Waals surface area contributed by atoms with Crippen LogP contribution in [0.2, 0.25) is 0 Å². The summed E-state index contributed by atoms with van der Waals surface area (Å²) < 4.78 is 2.06. The first-order valence-corrected chi connectivity index (χ1v) is 12.5. The standard InChI is InChI=1S/C27H38N4O2/c1-20(2)21-11-13-22(14-12-21)28-27(33)31(23-8-5-4-6-9-23)19-26(32)30(24-15-16-24)18-25-10-7-17-29(25)3/h7,10-14,17,20,23-24H,4-6,8-9,15-16,18-19H2,1-3H3,(H,28,33). The fraction of sp³-hybridized carbons (Fsp3) is 0.556. The van der Waals surface area contributed by atoms with Gasteiger partial charge in [0.25, 0.3) is 0 Å². The molecule has 6 heteroatoms. The van der Waals surface area contributed by atoms with Crippen LogP contribution in [0.1, 0.15) is 76.0 Å². The Balaban J connectivity index is 1.47. The van der Waals surface area contributed by atoms with E-state index in [9.17, 15) is 9.59 Å². The lowest BCUT2D eigenvalue weighted by Crippen LogP contribution is -2.50. The molecule has 4 rings (SSSR count). The second-order valence-corrected chi connectivity index (χ2v) is 9.99. The number of hydrogen-bond acceptors (Lipinski definition) is 2. The molecular formula is C27H38N4O2. The van der Waals surface area contributed by atoms with E-state index in [-0.39, 0.29) is 24.5 Å². The monoisotopic (exact) mass is 450 g/mol. The number of nitrogens with one attached hydrogen (secondary N) is 1. The minimum absolute atomic E-state index is 0.0505. The van der Waals surface area contributed by atoms with Gasteiger partial charge in [-0.2, -0.15) is 0 Å². The number of carbonyl (C=O) groups is 2. The summed E-state index contributed by atoms with van der Waals surface area (Å²) in [5.41, 5.74) is 3.14. The molecule has 2 fully saturated rings. The maximum absolute atomic E-state index is 13.5. The van der Waals surface area contributed by atoms with Gasteiger partial charge in [-0.1, -0.05) is 45.2 Å². The second kappa shape index (κ2) is 10.4. The number of urea groups is 1. The van der Waals surface area contributed by atoms with Gasteiger partial charge >= 0.3 is 6.03 Å². The molecule has 3 amide bonds. The van der Waals surface area contributed by atoms with Crippen LogP contribution in [0.4, 0.5) is 10.5 Å². The van der Waals surface area contributed by atoms with E-state index in [4.69, 9.17) is 0 Å². The van der Waals surface area contributed by atoms with Gasteiger partial charge < -0.3 is 19.7 Å². The van der Waals surface area contributed by atoms with Gasteiger partial charge in [-0.15, -0.1) is 0 Å². The number of carbonyl (C=O) groups excluding carboxylic acids is 2. The predicted molar refractivity (Wildman–Crippen MR) is 132 cm³/mol. The smallest absolute Gasteiger partial charge is 0.322 e. The van der Waals surface area contributed by atoms with Crippen molar-refractivity contribution in [2.45, 2.75) is 83.3 Å². The Labute approximate surface area is 197 Å². The Morgan fingerprint density at radius 2 is 1.64 bits per heavy atom. The third-order valence-corrected chi connectivity index (χ3v) is 7.10. The van der Waals surface area contributed by atoms with E-state index >= 15 is 0 Å². The van der Waals surface area contributed by atoms with Crippen LogP contribution in [0.25, 0.3) is 0 Å². The number of anilines is 1. The first kappa shape index (κ1) is 23.4. The molecule has 2 saturated carbocycles. The van der Waals surface area contributed by atoms with Crippen LogP contribution in [0, 0.1) is 0 Å². The van der Waals surface area contributed by atoms with E-state index in [1.54, 1.807) is 4.90 Å². The Morgan fingerprint density at radius 3 is 2.21 bits per heavy atom. The minimum atomic E-state index is -0.165. The van der Waals surface area contributed by atoms with Crippen molar-refractivity contribution in [2.75, 3.05) is 11.9 Å². The van der Waals surface area contributed by atoms with Gasteiger partial charge in [0.2, 0.25) is 5.91 Å². The molecule has 1 aromatic carbocycles. The molecular weight excluding hydrogens is 412 g/mol. The van der Waals surface area contributed by atoms with E-state index in [0.717, 1.165) is 49.9 Å². The number of aryl methyl sites for hydroxylation is 1. The second-order valence-electron chi connectivity index (χ2n) is 9.99. The van der Waals surface area contributed by atoms with Crippen LogP contribution in [0.3, 0.4) is 0 Å². The highest BCUT2D eigenvalue weighted by Gasteiger charge is 2.36. The third kappa shape index (κ3) is 5.98. The van der Waals surface area contributed by atoms with Crippen molar-refractivity contribution < 1.29 is 9.59 Å². The SMILES string of the molecule is CC(C)c1ccc(NC(=O)N(CC(=O)N(Cc2cccn2C)C2CC2)C2CCCCC2)cc1. The summed E-state index contributed by atoms with van der Waals surface area (Å²) in [6.45, 7) is 5.06. The van der Waals surface area contributed by atoms with Crippen molar-refractivity contribution in [3.63, 3.8) is 0 Å². The van der Waals surface area contributed by atoms with Crippen LogP contribution in [0.5, 0.6) is 0 Å². The Hall–Kier alpha value is -2.76. The molecule has 2 aliphatic carbocycles. The van der Waals surface area contributed by atoms with Gasteiger partial charge in [0.05, 0.1) is 6.54 Å². The average Bonchev–Trinajstić information content (AvgIpc) is 3.58. The lowest BCUT2D eigenvalue weighted by atomic mass is 9.94. The van der Waals surface area contributed by atoms with Gasteiger partial charge in [-0.25, -0.2) is 4.79 Å². The van der Waals surface area contributed by atoms with E-state index in [1.165, 1.54) is 12.0 Å². The number of benzene rings is 1. The van der Waals surface area contributed by atoms with Gasteiger partial charge in [0.15, 0.2) is 0 Å². The molecule has 0 aliphatic heterocycles. The molecule has 0 radical (unpaired) electrons. The largest absolute Gasteiger partial charge is 0.353 e. The number of nitrogens with zero attached hydrogens (tertiary/aromatic N) is 3. The van der Waals surface area contributed by atoms with Crippen LogP contribution in [-0.2, 0) is 18.4 Å². The Kier molecular flexibility index (Phi) is 7.41. The summed E-state index contributed by atoms with van der Waals surface area (Å²) in [6.07, 6.45) is 9.47. The molecule has 1 heterocycles. The molecule has 0 atom stereocenters.